The van der Waals surface area contributed by atoms with Crippen LogP contribution in [0.3, 0.4) is 0 Å². The normalized spacial score (nSPS) is 12.6. The highest BCUT2D eigenvalue weighted by atomic mass is 32.2. The van der Waals surface area contributed by atoms with E-state index >= 15 is 0 Å². The van der Waals surface area contributed by atoms with Crippen LogP contribution in [-0.4, -0.2) is 77.1 Å². The number of nitrogens with two attached hydrogens (primary N) is 1. The molecular formula is C13H22N4O7S. The second-order valence-corrected chi connectivity index (χ2v) is 5.87. The summed E-state index contributed by atoms with van der Waals surface area (Å²) in [4.78, 5) is 56.6. The molecule has 0 radical (unpaired) electrons. The summed E-state index contributed by atoms with van der Waals surface area (Å²) in [5.41, 5.74) is 5.08. The van der Waals surface area contributed by atoms with Crippen molar-refractivity contribution in [3.8, 4) is 0 Å². The van der Waals surface area contributed by atoms with Crippen LogP contribution in [0.5, 0.6) is 0 Å². The van der Waals surface area contributed by atoms with Crippen molar-refractivity contribution in [1.29, 1.82) is 0 Å². The van der Waals surface area contributed by atoms with E-state index in [0.717, 1.165) is 0 Å². The van der Waals surface area contributed by atoms with Gasteiger partial charge in [0.05, 0.1) is 19.5 Å². The molecule has 0 bridgehead atoms. The summed E-state index contributed by atoms with van der Waals surface area (Å²) in [6.45, 7) is -0.685. The van der Waals surface area contributed by atoms with E-state index in [1.807, 2.05) is 0 Å². The highest BCUT2D eigenvalue weighted by Crippen LogP contribution is 2.03. The quantitative estimate of drug-likeness (QED) is 0.211. The lowest BCUT2D eigenvalue weighted by Crippen LogP contribution is -2.53. The van der Waals surface area contributed by atoms with Gasteiger partial charge in [0.2, 0.25) is 17.7 Å². The number of hydrogen-bond acceptors (Lipinski definition) is 7. The van der Waals surface area contributed by atoms with E-state index in [4.69, 9.17) is 15.9 Å². The molecule has 0 aromatic heterocycles. The number of thioether (sulfide) groups is 1. The minimum absolute atomic E-state index is 0.197. The van der Waals surface area contributed by atoms with Gasteiger partial charge in [0.25, 0.3) is 0 Å². The Morgan fingerprint density at radius 2 is 1.68 bits per heavy atom. The predicted molar refractivity (Wildman–Crippen MR) is 88.8 cm³/mol. The van der Waals surface area contributed by atoms with Crippen molar-refractivity contribution in [1.82, 2.24) is 16.0 Å². The summed E-state index contributed by atoms with van der Waals surface area (Å²) < 4.78 is 0. The third-order valence-corrected chi connectivity index (χ3v) is 3.53. The summed E-state index contributed by atoms with van der Waals surface area (Å²) >= 11 is 1.40. The van der Waals surface area contributed by atoms with Crippen LogP contribution in [0.1, 0.15) is 12.8 Å². The molecule has 0 aliphatic carbocycles. The minimum Gasteiger partial charge on any atom is -0.481 e. The molecule has 0 aliphatic heterocycles. The Labute approximate surface area is 148 Å². The van der Waals surface area contributed by atoms with Crippen molar-refractivity contribution in [3.63, 3.8) is 0 Å². The number of amides is 3. The Kier molecular flexibility index (Phi) is 11.0. The van der Waals surface area contributed by atoms with E-state index in [9.17, 15) is 24.0 Å². The van der Waals surface area contributed by atoms with Crippen molar-refractivity contribution in [2.45, 2.75) is 24.9 Å². The van der Waals surface area contributed by atoms with Crippen LogP contribution in [-0.2, 0) is 24.0 Å². The monoisotopic (exact) mass is 378 g/mol. The van der Waals surface area contributed by atoms with Crippen LogP contribution in [0.15, 0.2) is 0 Å². The van der Waals surface area contributed by atoms with E-state index < -0.39 is 54.7 Å². The molecule has 0 fully saturated rings. The van der Waals surface area contributed by atoms with E-state index in [1.54, 1.807) is 6.26 Å². The fraction of sp³-hybridized carbons (Fsp3) is 0.615. The van der Waals surface area contributed by atoms with Crippen molar-refractivity contribution in [2.75, 3.05) is 25.1 Å². The first kappa shape index (κ1) is 22.7. The maximum atomic E-state index is 12.2. The Morgan fingerprint density at radius 1 is 1.04 bits per heavy atom. The highest BCUT2D eigenvalue weighted by Gasteiger charge is 2.27. The van der Waals surface area contributed by atoms with Gasteiger partial charge in [-0.2, -0.15) is 11.8 Å². The van der Waals surface area contributed by atoms with E-state index in [0.29, 0.717) is 5.75 Å². The number of hydrogen-bond donors (Lipinski definition) is 6. The van der Waals surface area contributed by atoms with Gasteiger partial charge in [-0.05, 0) is 18.4 Å². The third-order valence-electron chi connectivity index (χ3n) is 2.89. The van der Waals surface area contributed by atoms with Crippen molar-refractivity contribution < 1.29 is 34.2 Å². The predicted octanol–water partition coefficient (Wildman–Crippen LogP) is -2.66. The first-order valence-electron chi connectivity index (χ1n) is 7.21. The lowest BCUT2D eigenvalue weighted by atomic mass is 10.1. The summed E-state index contributed by atoms with van der Waals surface area (Å²) in [7, 11) is 0. The lowest BCUT2D eigenvalue weighted by molar-refractivity contribution is -0.147. The SMILES string of the molecule is CSCCC(NC(=O)CNC(=O)CN)C(=O)NC(CC(=O)O)C(=O)O. The number of aliphatic carboxylic acids is 2. The molecule has 0 saturated heterocycles. The second-order valence-electron chi connectivity index (χ2n) is 4.88. The van der Waals surface area contributed by atoms with Gasteiger partial charge in [-0.1, -0.05) is 0 Å². The number of nitrogens with one attached hydrogen (secondary N) is 3. The number of carbonyl (C=O) groups is 5. The largest absolute Gasteiger partial charge is 0.481 e. The number of carbonyl (C=O) groups excluding carboxylic acids is 3. The van der Waals surface area contributed by atoms with Crippen molar-refractivity contribution in [3.05, 3.63) is 0 Å². The Morgan fingerprint density at radius 3 is 2.16 bits per heavy atom. The fourth-order valence-electron chi connectivity index (χ4n) is 1.65. The summed E-state index contributed by atoms with van der Waals surface area (Å²) in [6, 6.07) is -2.68. The molecule has 0 spiro atoms. The van der Waals surface area contributed by atoms with Crippen LogP contribution in [0.4, 0.5) is 0 Å². The zero-order valence-corrected chi connectivity index (χ0v) is 14.4. The molecule has 0 heterocycles. The van der Waals surface area contributed by atoms with Gasteiger partial charge >= 0.3 is 11.9 Å². The summed E-state index contributed by atoms with van der Waals surface area (Å²) in [6.07, 6.45) is 1.18. The molecule has 12 heteroatoms. The van der Waals surface area contributed by atoms with Gasteiger partial charge in [0, 0.05) is 0 Å². The fourth-order valence-corrected chi connectivity index (χ4v) is 2.12. The molecule has 2 unspecified atom stereocenters. The smallest absolute Gasteiger partial charge is 0.326 e. The van der Waals surface area contributed by atoms with Crippen LogP contribution in [0.25, 0.3) is 0 Å². The van der Waals surface area contributed by atoms with Gasteiger partial charge in [-0.25, -0.2) is 4.79 Å². The molecule has 0 aromatic rings. The third kappa shape index (κ3) is 10.2. The van der Waals surface area contributed by atoms with Crippen LogP contribution in [0, 0.1) is 0 Å². The average Bonchev–Trinajstić information content (AvgIpc) is 2.54. The average molecular weight is 378 g/mol. The summed E-state index contributed by atoms with van der Waals surface area (Å²) in [5.74, 6) is -4.42. The van der Waals surface area contributed by atoms with Gasteiger partial charge in [0.15, 0.2) is 0 Å². The van der Waals surface area contributed by atoms with Gasteiger partial charge < -0.3 is 31.9 Å². The lowest BCUT2D eigenvalue weighted by Gasteiger charge is -2.20. The Balaban J connectivity index is 4.83. The Hall–Kier alpha value is -2.34. The van der Waals surface area contributed by atoms with E-state index in [2.05, 4.69) is 16.0 Å². The zero-order valence-electron chi connectivity index (χ0n) is 13.6. The maximum Gasteiger partial charge on any atom is 0.326 e. The van der Waals surface area contributed by atoms with Gasteiger partial charge in [0.1, 0.15) is 12.1 Å². The topological polar surface area (TPSA) is 188 Å². The van der Waals surface area contributed by atoms with Gasteiger partial charge in [-0.15, -0.1) is 0 Å². The number of carboxylic acid groups (broad SMARTS) is 2. The molecule has 0 rings (SSSR count). The molecule has 0 aliphatic rings. The zero-order chi connectivity index (χ0) is 19.4. The van der Waals surface area contributed by atoms with Gasteiger partial charge in [-0.3, -0.25) is 19.2 Å². The second kappa shape index (κ2) is 12.1. The highest BCUT2D eigenvalue weighted by molar-refractivity contribution is 7.98. The standard InChI is InChI=1S/C13H22N4O7S/c1-25-3-2-7(16-10(19)6-15-9(18)5-14)12(22)17-8(13(23)24)4-11(20)21/h7-8H,2-6,14H2,1H3,(H,15,18)(H,16,19)(H,17,22)(H,20,21)(H,23,24). The maximum absolute atomic E-state index is 12.2. The first-order chi connectivity index (χ1) is 11.7. The molecule has 25 heavy (non-hydrogen) atoms. The molecule has 2 atom stereocenters. The van der Waals surface area contributed by atoms with E-state index in [-0.39, 0.29) is 13.0 Å². The van der Waals surface area contributed by atoms with Crippen molar-refractivity contribution in [2.24, 2.45) is 5.73 Å². The molecule has 7 N–H and O–H groups in total. The summed E-state index contributed by atoms with van der Waals surface area (Å²) in [5, 5.41) is 24.3. The van der Waals surface area contributed by atoms with E-state index in [1.165, 1.54) is 11.8 Å². The van der Waals surface area contributed by atoms with Crippen LogP contribution < -0.4 is 21.7 Å². The van der Waals surface area contributed by atoms with Crippen molar-refractivity contribution >= 4 is 41.4 Å². The number of carboxylic acids is 2. The molecule has 0 aromatic carbocycles. The molecule has 11 nitrogen and oxygen atoms in total. The molecular weight excluding hydrogens is 356 g/mol. The van der Waals surface area contributed by atoms with Crippen LogP contribution in [0.2, 0.25) is 0 Å². The minimum atomic E-state index is -1.62. The molecule has 142 valence electrons. The van der Waals surface area contributed by atoms with Crippen LogP contribution >= 0.6 is 11.8 Å². The Bertz CT molecular complexity index is 515. The molecule has 3 amide bonds. The number of rotatable bonds is 12. The molecule has 0 saturated carbocycles. The first-order valence-corrected chi connectivity index (χ1v) is 8.60.